The van der Waals surface area contributed by atoms with Crippen molar-refractivity contribution in [2.45, 2.75) is 17.9 Å². The predicted molar refractivity (Wildman–Crippen MR) is 82.6 cm³/mol. The van der Waals surface area contributed by atoms with Gasteiger partial charge >= 0.3 is 0 Å². The van der Waals surface area contributed by atoms with Gasteiger partial charge in [-0.2, -0.15) is 0 Å². The minimum Gasteiger partial charge on any atom is -0.486 e. The second-order valence-electron chi connectivity index (χ2n) is 5.20. The molecule has 0 fully saturated rings. The molecule has 0 saturated carbocycles. The molecule has 0 radical (unpaired) electrons. The van der Waals surface area contributed by atoms with E-state index < -0.39 is 21.9 Å². The van der Waals surface area contributed by atoms with Crippen LogP contribution in [0.5, 0.6) is 11.5 Å². The number of nitrogens with one attached hydrogen (secondary N) is 1. The molecule has 1 aliphatic rings. The maximum Gasteiger partial charge on any atom is 0.241 e. The van der Waals surface area contributed by atoms with E-state index in [1.165, 1.54) is 18.2 Å². The summed E-state index contributed by atoms with van der Waals surface area (Å²) < 4.78 is 51.3. The molecule has 5 nitrogen and oxygen atoms in total. The van der Waals surface area contributed by atoms with Crippen LogP contribution in [-0.2, 0) is 10.0 Å². The molecule has 7 heteroatoms. The number of ether oxygens (including phenoxy) is 2. The van der Waals surface area contributed by atoms with E-state index in [1.807, 2.05) is 0 Å². The first-order valence-electron chi connectivity index (χ1n) is 7.13. The monoisotopic (exact) mass is 337 g/mol. The fraction of sp³-hybridized carbons (Fsp3) is 0.250. The van der Waals surface area contributed by atoms with Gasteiger partial charge in [0.25, 0.3) is 0 Å². The quantitative estimate of drug-likeness (QED) is 0.931. The average Bonchev–Trinajstić information content (AvgIpc) is 2.54. The highest BCUT2D eigenvalue weighted by Gasteiger charge is 2.20. The molecule has 23 heavy (non-hydrogen) atoms. The van der Waals surface area contributed by atoms with Crippen LogP contribution in [0.4, 0.5) is 4.39 Å². The van der Waals surface area contributed by atoms with E-state index in [1.54, 1.807) is 25.1 Å². The van der Waals surface area contributed by atoms with E-state index in [9.17, 15) is 12.8 Å². The maximum absolute atomic E-state index is 13.2. The van der Waals surface area contributed by atoms with Gasteiger partial charge in [0, 0.05) is 6.04 Å². The largest absolute Gasteiger partial charge is 0.486 e. The van der Waals surface area contributed by atoms with Crippen molar-refractivity contribution in [3.05, 3.63) is 53.8 Å². The van der Waals surface area contributed by atoms with Crippen LogP contribution in [0.3, 0.4) is 0 Å². The highest BCUT2D eigenvalue weighted by Crippen LogP contribution is 2.32. The Morgan fingerprint density at radius 2 is 1.83 bits per heavy atom. The summed E-state index contributed by atoms with van der Waals surface area (Å²) in [5.41, 5.74) is 0.731. The maximum atomic E-state index is 13.2. The molecule has 1 N–H and O–H groups in total. The summed E-state index contributed by atoms with van der Waals surface area (Å²) in [5.74, 6) is 0.630. The van der Waals surface area contributed by atoms with Gasteiger partial charge in [0.1, 0.15) is 19.0 Å². The zero-order valence-electron chi connectivity index (χ0n) is 12.5. The van der Waals surface area contributed by atoms with E-state index in [-0.39, 0.29) is 4.90 Å². The van der Waals surface area contributed by atoms with Crippen molar-refractivity contribution < 1.29 is 22.3 Å². The molecule has 0 amide bonds. The molecule has 3 rings (SSSR count). The fourth-order valence-electron chi connectivity index (χ4n) is 2.33. The topological polar surface area (TPSA) is 64.6 Å². The lowest BCUT2D eigenvalue weighted by atomic mass is 10.1. The fourth-order valence-corrected chi connectivity index (χ4v) is 3.60. The minimum absolute atomic E-state index is 0.109. The normalized spacial score (nSPS) is 15.2. The summed E-state index contributed by atoms with van der Waals surface area (Å²) in [6, 6.07) is 9.65. The molecule has 0 unspecified atom stereocenters. The first-order chi connectivity index (χ1) is 11.0. The summed E-state index contributed by atoms with van der Waals surface area (Å²) in [5, 5.41) is 0. The summed E-state index contributed by atoms with van der Waals surface area (Å²) in [6.45, 7) is 2.66. The third kappa shape index (κ3) is 3.46. The zero-order chi connectivity index (χ0) is 16.4. The lowest BCUT2D eigenvalue weighted by molar-refractivity contribution is 0.171. The van der Waals surface area contributed by atoms with E-state index in [2.05, 4.69) is 4.72 Å². The Morgan fingerprint density at radius 1 is 1.09 bits per heavy atom. The Labute approximate surface area is 134 Å². The van der Waals surface area contributed by atoms with Crippen LogP contribution in [0, 0.1) is 5.82 Å². The first kappa shape index (κ1) is 15.8. The highest BCUT2D eigenvalue weighted by molar-refractivity contribution is 7.89. The van der Waals surface area contributed by atoms with Gasteiger partial charge in [0.05, 0.1) is 4.90 Å². The molecule has 1 heterocycles. The summed E-state index contributed by atoms with van der Waals surface area (Å²) in [4.78, 5) is -0.109. The first-order valence-corrected chi connectivity index (χ1v) is 8.61. The Bertz CT molecular complexity index is 823. The molecule has 0 spiro atoms. The van der Waals surface area contributed by atoms with Crippen LogP contribution >= 0.6 is 0 Å². The lowest BCUT2D eigenvalue weighted by Crippen LogP contribution is -2.27. The second kappa shape index (κ2) is 6.17. The predicted octanol–water partition coefficient (Wildman–Crippen LogP) is 2.64. The Balaban J connectivity index is 1.82. The van der Waals surface area contributed by atoms with Gasteiger partial charge in [-0.15, -0.1) is 0 Å². The number of hydrogen-bond acceptors (Lipinski definition) is 4. The van der Waals surface area contributed by atoms with E-state index >= 15 is 0 Å². The van der Waals surface area contributed by atoms with Gasteiger partial charge in [-0.05, 0) is 42.8 Å². The van der Waals surface area contributed by atoms with Crippen molar-refractivity contribution in [2.75, 3.05) is 13.2 Å². The van der Waals surface area contributed by atoms with Crippen molar-refractivity contribution >= 4 is 10.0 Å². The Hall–Kier alpha value is -2.12. The molecule has 1 atom stereocenters. The average molecular weight is 337 g/mol. The van der Waals surface area contributed by atoms with Gasteiger partial charge in [-0.3, -0.25) is 0 Å². The summed E-state index contributed by atoms with van der Waals surface area (Å²) in [7, 11) is -3.81. The lowest BCUT2D eigenvalue weighted by Gasteiger charge is -2.21. The van der Waals surface area contributed by atoms with Crippen LogP contribution in [0.15, 0.2) is 47.4 Å². The van der Waals surface area contributed by atoms with Gasteiger partial charge < -0.3 is 9.47 Å². The Morgan fingerprint density at radius 3 is 2.57 bits per heavy atom. The third-order valence-electron chi connectivity index (χ3n) is 3.50. The van der Waals surface area contributed by atoms with E-state index in [4.69, 9.17) is 9.47 Å². The van der Waals surface area contributed by atoms with Crippen molar-refractivity contribution in [1.82, 2.24) is 4.72 Å². The number of hydrogen-bond donors (Lipinski definition) is 1. The van der Waals surface area contributed by atoms with Crippen LogP contribution in [-0.4, -0.2) is 21.6 Å². The number of halogens is 1. The molecule has 122 valence electrons. The second-order valence-corrected chi connectivity index (χ2v) is 6.92. The number of sulfonamides is 1. The van der Waals surface area contributed by atoms with Crippen molar-refractivity contribution in [3.63, 3.8) is 0 Å². The molecule has 0 aliphatic carbocycles. The summed E-state index contributed by atoms with van der Waals surface area (Å²) >= 11 is 0. The minimum atomic E-state index is -3.81. The summed E-state index contributed by atoms with van der Waals surface area (Å²) in [6.07, 6.45) is 0. The molecule has 0 aromatic heterocycles. The molecule has 1 aliphatic heterocycles. The number of benzene rings is 2. The molecular weight excluding hydrogens is 321 g/mol. The van der Waals surface area contributed by atoms with Crippen molar-refractivity contribution in [1.29, 1.82) is 0 Å². The van der Waals surface area contributed by atoms with Crippen LogP contribution in [0.2, 0.25) is 0 Å². The number of fused-ring (bicyclic) bond motifs is 1. The molecule has 0 bridgehead atoms. The molecule has 2 aromatic rings. The van der Waals surface area contributed by atoms with E-state index in [0.717, 1.165) is 11.6 Å². The van der Waals surface area contributed by atoms with Crippen molar-refractivity contribution in [3.8, 4) is 11.5 Å². The Kier molecular flexibility index (Phi) is 4.23. The molecule has 2 aromatic carbocycles. The standard InChI is InChI=1S/C16H16FNO4S/c1-11(12-5-6-15-16(9-12)22-8-7-21-15)18-23(19,20)14-4-2-3-13(17)10-14/h2-6,9-11,18H,7-8H2,1H3/t11-/m0/s1. The molecule has 0 saturated heterocycles. The van der Waals surface area contributed by atoms with Gasteiger partial charge in [0.2, 0.25) is 10.0 Å². The number of rotatable bonds is 4. The van der Waals surface area contributed by atoms with Gasteiger partial charge in [-0.25, -0.2) is 17.5 Å². The SMILES string of the molecule is C[C@H](NS(=O)(=O)c1cccc(F)c1)c1ccc2c(c1)OCCO2. The third-order valence-corrected chi connectivity index (χ3v) is 5.04. The highest BCUT2D eigenvalue weighted by atomic mass is 32.2. The van der Waals surface area contributed by atoms with Crippen molar-refractivity contribution in [2.24, 2.45) is 0 Å². The van der Waals surface area contributed by atoms with Gasteiger partial charge in [-0.1, -0.05) is 12.1 Å². The smallest absolute Gasteiger partial charge is 0.241 e. The van der Waals surface area contributed by atoms with Crippen LogP contribution < -0.4 is 14.2 Å². The van der Waals surface area contributed by atoms with E-state index in [0.29, 0.717) is 24.7 Å². The van der Waals surface area contributed by atoms with Crippen LogP contribution in [0.25, 0.3) is 0 Å². The van der Waals surface area contributed by atoms with Gasteiger partial charge in [0.15, 0.2) is 11.5 Å². The zero-order valence-corrected chi connectivity index (χ0v) is 13.3. The molecular formula is C16H16FNO4S. The van der Waals surface area contributed by atoms with Crippen LogP contribution in [0.1, 0.15) is 18.5 Å².